The van der Waals surface area contributed by atoms with E-state index in [1.54, 1.807) is 31.3 Å². The molecule has 6 nitrogen and oxygen atoms in total. The Morgan fingerprint density at radius 1 is 1.10 bits per heavy atom. The fourth-order valence-electron chi connectivity index (χ4n) is 2.53. The van der Waals surface area contributed by atoms with E-state index in [1.165, 1.54) is 0 Å². The fraction of sp³-hybridized carbons (Fsp3) is 0.467. The van der Waals surface area contributed by atoms with E-state index in [9.17, 15) is 9.59 Å². The van der Waals surface area contributed by atoms with Gasteiger partial charge in [-0.3, -0.25) is 4.79 Å². The Balaban J connectivity index is 2.03. The third-order valence-corrected chi connectivity index (χ3v) is 3.80. The molecule has 1 aromatic carbocycles. The molecule has 1 fully saturated rings. The molecular weight excluding hydrogens is 268 g/mol. The average Bonchev–Trinajstić information content (AvgIpc) is 2.48. The molecule has 1 aliphatic carbocycles. The normalized spacial score (nSPS) is 16.9. The lowest BCUT2D eigenvalue weighted by atomic mass is 9.82. The largest absolute Gasteiger partial charge is 0.341 e. The highest BCUT2D eigenvalue weighted by Gasteiger charge is 2.35. The second-order valence-corrected chi connectivity index (χ2v) is 5.46. The van der Waals surface area contributed by atoms with E-state index in [4.69, 9.17) is 5.73 Å². The van der Waals surface area contributed by atoms with Gasteiger partial charge in [0.25, 0.3) is 0 Å². The van der Waals surface area contributed by atoms with Crippen molar-refractivity contribution < 1.29 is 9.59 Å². The van der Waals surface area contributed by atoms with Crippen molar-refractivity contribution in [2.45, 2.75) is 37.6 Å². The molecule has 5 N–H and O–H groups in total. The summed E-state index contributed by atoms with van der Waals surface area (Å²) in [5.41, 5.74) is 6.67. The van der Waals surface area contributed by atoms with Crippen LogP contribution < -0.4 is 21.7 Å². The Labute approximate surface area is 124 Å². The molecule has 1 aliphatic rings. The van der Waals surface area contributed by atoms with Crippen LogP contribution in [0.3, 0.4) is 0 Å². The first-order chi connectivity index (χ1) is 10.0. The van der Waals surface area contributed by atoms with Gasteiger partial charge in [-0.05, 0) is 31.0 Å². The molecule has 0 unspecified atom stereocenters. The highest BCUT2D eigenvalue weighted by molar-refractivity contribution is 5.98. The van der Waals surface area contributed by atoms with Gasteiger partial charge in [-0.15, -0.1) is 0 Å². The van der Waals surface area contributed by atoms with Crippen LogP contribution in [0.15, 0.2) is 24.3 Å². The molecule has 0 aromatic heterocycles. The van der Waals surface area contributed by atoms with Crippen molar-refractivity contribution in [1.29, 1.82) is 0 Å². The molecule has 0 aliphatic heterocycles. The second kappa shape index (κ2) is 6.58. The van der Waals surface area contributed by atoms with Crippen LogP contribution in [-0.2, 0) is 4.79 Å². The predicted octanol–water partition coefficient (Wildman–Crippen LogP) is 2.04. The number of rotatable bonds is 3. The summed E-state index contributed by atoms with van der Waals surface area (Å²) in [6.07, 6.45) is 4.55. The average molecular weight is 290 g/mol. The van der Waals surface area contributed by atoms with E-state index >= 15 is 0 Å². The summed E-state index contributed by atoms with van der Waals surface area (Å²) < 4.78 is 0. The molecule has 114 valence electrons. The van der Waals surface area contributed by atoms with Gasteiger partial charge in [0.2, 0.25) is 5.91 Å². The smallest absolute Gasteiger partial charge is 0.318 e. The van der Waals surface area contributed by atoms with Gasteiger partial charge < -0.3 is 21.7 Å². The van der Waals surface area contributed by atoms with Crippen LogP contribution in [-0.4, -0.2) is 24.5 Å². The maximum Gasteiger partial charge on any atom is 0.318 e. The van der Waals surface area contributed by atoms with Crippen LogP contribution in [0.4, 0.5) is 16.2 Å². The molecule has 6 heteroatoms. The molecule has 0 atom stereocenters. The van der Waals surface area contributed by atoms with E-state index in [-0.39, 0.29) is 11.9 Å². The standard InChI is InChI=1S/C15H22N4O2/c1-17-14(21)19-12-7-5-6-11(10-12)18-13(20)15(16)8-3-2-4-9-15/h5-7,10H,2-4,8-9,16H2,1H3,(H,18,20)(H2,17,19,21). The van der Waals surface area contributed by atoms with Gasteiger partial charge in [-0.25, -0.2) is 4.79 Å². The summed E-state index contributed by atoms with van der Waals surface area (Å²) in [7, 11) is 1.54. The van der Waals surface area contributed by atoms with Gasteiger partial charge >= 0.3 is 6.03 Å². The molecule has 3 amide bonds. The first-order valence-electron chi connectivity index (χ1n) is 7.23. The minimum absolute atomic E-state index is 0.153. The number of carbonyl (C=O) groups is 2. The summed E-state index contributed by atoms with van der Waals surface area (Å²) in [6, 6.07) is 6.70. The topological polar surface area (TPSA) is 96.2 Å². The number of urea groups is 1. The third-order valence-electron chi connectivity index (χ3n) is 3.80. The Bertz CT molecular complexity index is 524. The number of amides is 3. The highest BCUT2D eigenvalue weighted by atomic mass is 16.2. The van der Waals surface area contributed by atoms with Gasteiger partial charge in [0.05, 0.1) is 5.54 Å². The zero-order chi connectivity index (χ0) is 15.3. The monoisotopic (exact) mass is 290 g/mol. The van der Waals surface area contributed by atoms with Gasteiger partial charge in [0.1, 0.15) is 0 Å². The van der Waals surface area contributed by atoms with Crippen LogP contribution in [0.1, 0.15) is 32.1 Å². The van der Waals surface area contributed by atoms with Crippen LogP contribution in [0, 0.1) is 0 Å². The molecule has 0 bridgehead atoms. The summed E-state index contributed by atoms with van der Waals surface area (Å²) in [6.45, 7) is 0. The zero-order valence-electron chi connectivity index (χ0n) is 12.2. The molecule has 0 saturated heterocycles. The van der Waals surface area contributed by atoms with Gasteiger partial charge in [0.15, 0.2) is 0 Å². The van der Waals surface area contributed by atoms with Crippen LogP contribution in [0.2, 0.25) is 0 Å². The zero-order valence-corrected chi connectivity index (χ0v) is 12.2. The number of nitrogens with two attached hydrogens (primary N) is 1. The van der Waals surface area contributed by atoms with Crippen molar-refractivity contribution in [1.82, 2.24) is 5.32 Å². The van der Waals surface area contributed by atoms with Gasteiger partial charge in [-0.2, -0.15) is 0 Å². The van der Waals surface area contributed by atoms with Crippen LogP contribution in [0.5, 0.6) is 0 Å². The molecular formula is C15H22N4O2. The van der Waals surface area contributed by atoms with Crippen molar-refractivity contribution in [3.63, 3.8) is 0 Å². The first-order valence-corrected chi connectivity index (χ1v) is 7.23. The second-order valence-electron chi connectivity index (χ2n) is 5.46. The minimum atomic E-state index is -0.775. The Hall–Kier alpha value is -2.08. The van der Waals surface area contributed by atoms with Gasteiger partial charge in [-0.1, -0.05) is 25.3 Å². The number of carbonyl (C=O) groups excluding carboxylic acids is 2. The lowest BCUT2D eigenvalue weighted by molar-refractivity contribution is -0.122. The molecule has 1 saturated carbocycles. The molecule has 0 radical (unpaired) electrons. The van der Waals surface area contributed by atoms with Crippen LogP contribution >= 0.6 is 0 Å². The molecule has 21 heavy (non-hydrogen) atoms. The van der Waals surface area contributed by atoms with Crippen molar-refractivity contribution >= 4 is 23.3 Å². The van der Waals surface area contributed by atoms with Crippen molar-refractivity contribution in [2.75, 3.05) is 17.7 Å². The van der Waals surface area contributed by atoms with Crippen molar-refractivity contribution in [3.05, 3.63) is 24.3 Å². The van der Waals surface area contributed by atoms with E-state index in [0.29, 0.717) is 11.4 Å². The quantitative estimate of drug-likeness (QED) is 0.686. The molecule has 2 rings (SSSR count). The predicted molar refractivity (Wildman–Crippen MR) is 83.2 cm³/mol. The van der Waals surface area contributed by atoms with Crippen molar-refractivity contribution in [2.24, 2.45) is 5.73 Å². The maximum absolute atomic E-state index is 12.3. The summed E-state index contributed by atoms with van der Waals surface area (Å²) in [5.74, 6) is -0.153. The SMILES string of the molecule is CNC(=O)Nc1cccc(NC(=O)C2(N)CCCCC2)c1. The number of hydrogen-bond donors (Lipinski definition) is 4. The molecule has 0 spiro atoms. The van der Waals surface area contributed by atoms with Crippen molar-refractivity contribution in [3.8, 4) is 0 Å². The van der Waals surface area contributed by atoms with Crippen LogP contribution in [0.25, 0.3) is 0 Å². The first kappa shape index (κ1) is 15.3. The number of hydrogen-bond acceptors (Lipinski definition) is 3. The highest BCUT2D eigenvalue weighted by Crippen LogP contribution is 2.27. The maximum atomic E-state index is 12.3. The summed E-state index contributed by atoms with van der Waals surface area (Å²) in [4.78, 5) is 23.6. The number of anilines is 2. The van der Waals surface area contributed by atoms with E-state index in [0.717, 1.165) is 32.1 Å². The summed E-state index contributed by atoms with van der Waals surface area (Å²) in [5, 5.41) is 7.98. The third kappa shape index (κ3) is 3.95. The fourth-order valence-corrected chi connectivity index (χ4v) is 2.53. The van der Waals surface area contributed by atoms with E-state index < -0.39 is 5.54 Å². The lowest BCUT2D eigenvalue weighted by Crippen LogP contribution is -2.52. The number of benzene rings is 1. The van der Waals surface area contributed by atoms with E-state index in [1.807, 2.05) is 0 Å². The van der Waals surface area contributed by atoms with E-state index in [2.05, 4.69) is 16.0 Å². The Morgan fingerprint density at radius 2 is 1.71 bits per heavy atom. The Kier molecular flexibility index (Phi) is 4.80. The summed E-state index contributed by atoms with van der Waals surface area (Å²) >= 11 is 0. The minimum Gasteiger partial charge on any atom is -0.341 e. The van der Waals surface area contributed by atoms with Gasteiger partial charge in [0, 0.05) is 18.4 Å². The lowest BCUT2D eigenvalue weighted by Gasteiger charge is -2.31. The number of nitrogens with one attached hydrogen (secondary N) is 3. The Morgan fingerprint density at radius 3 is 2.33 bits per heavy atom. The molecule has 0 heterocycles. The molecule has 1 aromatic rings.